The zero-order chi connectivity index (χ0) is 12.7. The van der Waals surface area contributed by atoms with Crippen molar-refractivity contribution in [1.29, 1.82) is 0 Å². The van der Waals surface area contributed by atoms with E-state index in [1.807, 2.05) is 13.0 Å². The Kier molecular flexibility index (Phi) is 2.63. The molecule has 18 heavy (non-hydrogen) atoms. The predicted molar refractivity (Wildman–Crippen MR) is 77.1 cm³/mol. The highest BCUT2D eigenvalue weighted by Gasteiger charge is 2.12. The molecule has 3 rings (SSSR count). The fraction of sp³-hybridized carbons (Fsp3) is 0.200. The second kappa shape index (κ2) is 4.18. The van der Waals surface area contributed by atoms with Crippen molar-refractivity contribution in [2.75, 3.05) is 0 Å². The summed E-state index contributed by atoms with van der Waals surface area (Å²) in [6, 6.07) is 10.4. The summed E-state index contributed by atoms with van der Waals surface area (Å²) in [5.74, 6) is 0. The number of rotatable bonds is 1. The smallest absolute Gasteiger partial charge is 0.126 e. The molecule has 2 heterocycles. The highest BCUT2D eigenvalue weighted by molar-refractivity contribution is 7.21. The van der Waals surface area contributed by atoms with E-state index in [9.17, 15) is 0 Å². The summed E-state index contributed by atoms with van der Waals surface area (Å²) >= 11 is 1.73. The minimum absolute atomic E-state index is 1.06. The third-order valence-corrected chi connectivity index (χ3v) is 4.09. The van der Waals surface area contributed by atoms with Crippen LogP contribution < -0.4 is 0 Å². The third-order valence-electron chi connectivity index (χ3n) is 3.03. The lowest BCUT2D eigenvalue weighted by molar-refractivity contribution is 1.11. The topological polar surface area (TPSA) is 25.8 Å². The largest absolute Gasteiger partial charge is 0.258 e. The monoisotopic (exact) mass is 254 g/mol. The van der Waals surface area contributed by atoms with Crippen LogP contribution in [0.25, 0.3) is 20.8 Å². The average molecular weight is 254 g/mol. The molecule has 0 unspecified atom stereocenters. The molecule has 90 valence electrons. The summed E-state index contributed by atoms with van der Waals surface area (Å²) in [7, 11) is 0. The summed E-state index contributed by atoms with van der Waals surface area (Å²) in [5.41, 5.74) is 5.62. The van der Waals surface area contributed by atoms with Gasteiger partial charge in [0.05, 0.1) is 10.2 Å². The van der Waals surface area contributed by atoms with Crippen molar-refractivity contribution in [1.82, 2.24) is 9.97 Å². The number of para-hydroxylation sites is 1. The maximum atomic E-state index is 4.71. The van der Waals surface area contributed by atoms with Gasteiger partial charge in [0, 0.05) is 17.0 Å². The number of pyridine rings is 1. The first-order valence-electron chi connectivity index (χ1n) is 5.96. The van der Waals surface area contributed by atoms with E-state index < -0.39 is 0 Å². The summed E-state index contributed by atoms with van der Waals surface area (Å²) in [5, 5.41) is 1.07. The number of hydrogen-bond acceptors (Lipinski definition) is 3. The van der Waals surface area contributed by atoms with Crippen LogP contribution in [0.5, 0.6) is 0 Å². The maximum absolute atomic E-state index is 4.71. The van der Waals surface area contributed by atoms with Gasteiger partial charge in [0.15, 0.2) is 0 Å². The summed E-state index contributed by atoms with van der Waals surface area (Å²) < 4.78 is 1.23. The number of fused-ring (bicyclic) bond motifs is 1. The van der Waals surface area contributed by atoms with E-state index in [0.29, 0.717) is 0 Å². The molecule has 2 aromatic heterocycles. The number of benzene rings is 1. The van der Waals surface area contributed by atoms with Crippen LogP contribution in [0.4, 0.5) is 0 Å². The second-order valence-electron chi connectivity index (χ2n) is 4.53. The van der Waals surface area contributed by atoms with E-state index in [2.05, 4.69) is 43.1 Å². The molecule has 3 heteroatoms. The number of nitrogens with zero attached hydrogens (tertiary/aromatic N) is 2. The van der Waals surface area contributed by atoms with Gasteiger partial charge in [0.25, 0.3) is 0 Å². The van der Waals surface area contributed by atoms with Gasteiger partial charge in [0.2, 0.25) is 0 Å². The van der Waals surface area contributed by atoms with Gasteiger partial charge in [-0.2, -0.15) is 0 Å². The molecule has 0 spiro atoms. The Labute approximate surface area is 110 Å². The zero-order valence-corrected chi connectivity index (χ0v) is 11.5. The van der Waals surface area contributed by atoms with Crippen molar-refractivity contribution in [2.24, 2.45) is 0 Å². The van der Waals surface area contributed by atoms with Crippen LogP contribution in [0.2, 0.25) is 0 Å². The molecule has 0 bridgehead atoms. The highest BCUT2D eigenvalue weighted by Crippen LogP contribution is 2.33. The molecule has 1 aromatic carbocycles. The lowest BCUT2D eigenvalue weighted by Crippen LogP contribution is -1.93. The van der Waals surface area contributed by atoms with Gasteiger partial charge in [-0.25, -0.2) is 4.98 Å². The maximum Gasteiger partial charge on any atom is 0.126 e. The minimum atomic E-state index is 1.06. The number of aromatic nitrogens is 2. The normalized spacial score (nSPS) is 11.1. The molecule has 0 aliphatic heterocycles. The van der Waals surface area contributed by atoms with Gasteiger partial charge < -0.3 is 0 Å². The Morgan fingerprint density at radius 1 is 1.00 bits per heavy atom. The molecule has 2 nitrogen and oxygen atoms in total. The first-order chi connectivity index (χ1) is 8.65. The first-order valence-corrected chi connectivity index (χ1v) is 6.77. The Morgan fingerprint density at radius 3 is 2.50 bits per heavy atom. The fourth-order valence-electron chi connectivity index (χ4n) is 2.33. The minimum Gasteiger partial charge on any atom is -0.258 e. The Balaban J connectivity index is 2.26. The molecule has 0 atom stereocenters. The molecule has 0 amide bonds. The molecule has 0 aliphatic rings. The van der Waals surface area contributed by atoms with Crippen LogP contribution in [0.15, 0.2) is 30.3 Å². The molecular formula is C15H14N2S. The molecule has 0 aliphatic carbocycles. The predicted octanol–water partition coefficient (Wildman–Crippen LogP) is 4.28. The number of aryl methyl sites for hydroxylation is 3. The van der Waals surface area contributed by atoms with E-state index in [1.54, 1.807) is 11.3 Å². The first kappa shape index (κ1) is 11.4. The molecule has 0 saturated carbocycles. The average Bonchev–Trinajstić information content (AvgIpc) is 2.70. The van der Waals surface area contributed by atoms with Gasteiger partial charge in [-0.05, 0) is 44.5 Å². The zero-order valence-electron chi connectivity index (χ0n) is 10.7. The Hall–Kier alpha value is -1.74. The van der Waals surface area contributed by atoms with Crippen molar-refractivity contribution in [2.45, 2.75) is 20.8 Å². The van der Waals surface area contributed by atoms with Gasteiger partial charge in [-0.3, -0.25) is 4.98 Å². The van der Waals surface area contributed by atoms with Crippen molar-refractivity contribution in [3.05, 3.63) is 47.3 Å². The van der Waals surface area contributed by atoms with Crippen LogP contribution in [0.1, 0.15) is 17.0 Å². The van der Waals surface area contributed by atoms with Gasteiger partial charge in [-0.15, -0.1) is 11.3 Å². The molecule has 0 saturated heterocycles. The van der Waals surface area contributed by atoms with Crippen molar-refractivity contribution in [3.63, 3.8) is 0 Å². The van der Waals surface area contributed by atoms with Crippen LogP contribution >= 0.6 is 11.3 Å². The fourth-order valence-corrected chi connectivity index (χ4v) is 3.45. The third kappa shape index (κ3) is 1.81. The number of thiazole rings is 1. The van der Waals surface area contributed by atoms with Crippen LogP contribution in [-0.4, -0.2) is 9.97 Å². The van der Waals surface area contributed by atoms with Gasteiger partial charge >= 0.3 is 0 Å². The van der Waals surface area contributed by atoms with E-state index in [1.165, 1.54) is 15.8 Å². The lowest BCUT2D eigenvalue weighted by Gasteiger charge is -2.07. The summed E-state index contributed by atoms with van der Waals surface area (Å²) in [4.78, 5) is 9.26. The van der Waals surface area contributed by atoms with Crippen LogP contribution in [0.3, 0.4) is 0 Å². The Bertz CT molecular complexity index is 672. The van der Waals surface area contributed by atoms with Gasteiger partial charge in [0.1, 0.15) is 5.01 Å². The quantitative estimate of drug-likeness (QED) is 0.647. The Morgan fingerprint density at radius 2 is 1.78 bits per heavy atom. The molecule has 0 N–H and O–H groups in total. The van der Waals surface area contributed by atoms with E-state index >= 15 is 0 Å². The van der Waals surface area contributed by atoms with Crippen molar-refractivity contribution in [3.8, 4) is 10.6 Å². The lowest BCUT2D eigenvalue weighted by atomic mass is 10.1. The van der Waals surface area contributed by atoms with E-state index in [0.717, 1.165) is 21.9 Å². The standard InChI is InChI=1S/C15H14N2S/c1-9-8-10(2)16-11(3)14(9)15-17-12-6-4-5-7-13(12)18-15/h4-8H,1-3H3. The highest BCUT2D eigenvalue weighted by atomic mass is 32.1. The molecule has 0 radical (unpaired) electrons. The SMILES string of the molecule is Cc1cc(C)c(-c2nc3ccccc3s2)c(C)n1. The van der Waals surface area contributed by atoms with E-state index in [4.69, 9.17) is 4.98 Å². The van der Waals surface area contributed by atoms with Gasteiger partial charge in [-0.1, -0.05) is 12.1 Å². The van der Waals surface area contributed by atoms with Crippen molar-refractivity contribution < 1.29 is 0 Å². The van der Waals surface area contributed by atoms with E-state index in [-0.39, 0.29) is 0 Å². The summed E-state index contributed by atoms with van der Waals surface area (Å²) in [6.45, 7) is 6.21. The van der Waals surface area contributed by atoms with Crippen LogP contribution in [0, 0.1) is 20.8 Å². The number of hydrogen-bond donors (Lipinski definition) is 0. The van der Waals surface area contributed by atoms with Crippen molar-refractivity contribution >= 4 is 21.6 Å². The molecule has 0 fully saturated rings. The molecular weight excluding hydrogens is 240 g/mol. The van der Waals surface area contributed by atoms with Crippen LogP contribution in [-0.2, 0) is 0 Å². The molecule has 3 aromatic rings. The second-order valence-corrected chi connectivity index (χ2v) is 5.56. The summed E-state index contributed by atoms with van der Waals surface area (Å²) in [6.07, 6.45) is 0.